The quantitative estimate of drug-likeness (QED) is 0.532. The van der Waals surface area contributed by atoms with Crippen molar-refractivity contribution >= 4 is 0 Å². The monoisotopic (exact) mass is 238 g/mol. The summed E-state index contributed by atoms with van der Waals surface area (Å²) in [5.74, 6) is 12.7. The SMILES string of the molecule is CCCCCC#CCC#Cc1ccccc1CC. The molecule has 0 aliphatic rings. The fourth-order valence-corrected chi connectivity index (χ4v) is 1.75. The van der Waals surface area contributed by atoms with Crippen LogP contribution in [0.5, 0.6) is 0 Å². The first kappa shape index (κ1) is 14.4. The van der Waals surface area contributed by atoms with E-state index >= 15 is 0 Å². The molecule has 0 aliphatic carbocycles. The Kier molecular flexibility index (Phi) is 7.50. The van der Waals surface area contributed by atoms with Crippen molar-refractivity contribution in [2.45, 2.75) is 52.4 Å². The predicted molar refractivity (Wildman–Crippen MR) is 79.2 cm³/mol. The summed E-state index contributed by atoms with van der Waals surface area (Å²) in [6.07, 6.45) is 6.49. The van der Waals surface area contributed by atoms with Crippen molar-refractivity contribution in [1.82, 2.24) is 0 Å². The first-order valence-corrected chi connectivity index (χ1v) is 6.91. The molecule has 0 spiro atoms. The summed E-state index contributed by atoms with van der Waals surface area (Å²) in [7, 11) is 0. The zero-order valence-corrected chi connectivity index (χ0v) is 11.6. The third kappa shape index (κ3) is 5.60. The summed E-state index contributed by atoms with van der Waals surface area (Å²) in [5, 5.41) is 0. The van der Waals surface area contributed by atoms with E-state index in [9.17, 15) is 0 Å². The Balaban J connectivity index is 2.41. The molecule has 0 heteroatoms. The molecule has 1 aromatic carbocycles. The average molecular weight is 238 g/mol. The average Bonchev–Trinajstić information content (AvgIpc) is 2.42. The van der Waals surface area contributed by atoms with Gasteiger partial charge in [0, 0.05) is 12.0 Å². The lowest BCUT2D eigenvalue weighted by Crippen LogP contribution is -1.85. The number of rotatable bonds is 4. The van der Waals surface area contributed by atoms with Crippen LogP contribution in [-0.2, 0) is 6.42 Å². The van der Waals surface area contributed by atoms with Gasteiger partial charge >= 0.3 is 0 Å². The van der Waals surface area contributed by atoms with Crippen LogP contribution in [0.25, 0.3) is 0 Å². The Bertz CT molecular complexity index is 460. The van der Waals surface area contributed by atoms with Crippen LogP contribution in [0.1, 0.15) is 57.1 Å². The van der Waals surface area contributed by atoms with Crippen LogP contribution in [-0.4, -0.2) is 0 Å². The normalized spacial score (nSPS) is 9.00. The molecule has 0 radical (unpaired) electrons. The zero-order chi connectivity index (χ0) is 13.1. The molecular weight excluding hydrogens is 216 g/mol. The van der Waals surface area contributed by atoms with Gasteiger partial charge in [-0.15, -0.1) is 5.92 Å². The molecule has 0 nitrogen and oxygen atoms in total. The molecule has 0 N–H and O–H groups in total. The van der Waals surface area contributed by atoms with Crippen molar-refractivity contribution < 1.29 is 0 Å². The first-order chi connectivity index (χ1) is 8.88. The summed E-state index contributed by atoms with van der Waals surface area (Å²) in [6, 6.07) is 8.33. The van der Waals surface area contributed by atoms with E-state index in [2.05, 4.69) is 55.7 Å². The molecule has 0 aromatic heterocycles. The number of hydrogen-bond acceptors (Lipinski definition) is 0. The number of unbranched alkanes of at least 4 members (excludes halogenated alkanes) is 3. The fraction of sp³-hybridized carbons (Fsp3) is 0.444. The molecule has 0 fully saturated rings. The maximum absolute atomic E-state index is 3.21. The lowest BCUT2D eigenvalue weighted by atomic mass is 10.1. The lowest BCUT2D eigenvalue weighted by Gasteiger charge is -1.98. The number of hydrogen-bond donors (Lipinski definition) is 0. The molecule has 0 bridgehead atoms. The maximum Gasteiger partial charge on any atom is 0.0706 e. The molecule has 0 unspecified atom stereocenters. The zero-order valence-electron chi connectivity index (χ0n) is 11.6. The van der Waals surface area contributed by atoms with Crippen LogP contribution in [0.2, 0.25) is 0 Å². The van der Waals surface area contributed by atoms with Gasteiger partial charge in [-0.25, -0.2) is 0 Å². The summed E-state index contributed by atoms with van der Waals surface area (Å²) in [6.45, 7) is 4.37. The van der Waals surface area contributed by atoms with Gasteiger partial charge in [-0.3, -0.25) is 0 Å². The van der Waals surface area contributed by atoms with Crippen LogP contribution in [0, 0.1) is 23.7 Å². The molecule has 0 amide bonds. The van der Waals surface area contributed by atoms with E-state index in [0.717, 1.165) is 18.4 Å². The second-order valence-electron chi connectivity index (χ2n) is 4.30. The second-order valence-corrected chi connectivity index (χ2v) is 4.30. The van der Waals surface area contributed by atoms with Gasteiger partial charge in [-0.1, -0.05) is 62.6 Å². The van der Waals surface area contributed by atoms with Gasteiger partial charge in [0.25, 0.3) is 0 Å². The van der Waals surface area contributed by atoms with Crippen molar-refractivity contribution in [3.05, 3.63) is 35.4 Å². The maximum atomic E-state index is 3.21. The van der Waals surface area contributed by atoms with Crippen molar-refractivity contribution in [3.8, 4) is 23.7 Å². The minimum Gasteiger partial charge on any atom is -0.102 e. The van der Waals surface area contributed by atoms with E-state index in [-0.39, 0.29) is 0 Å². The Morgan fingerprint density at radius 2 is 1.78 bits per heavy atom. The highest BCUT2D eigenvalue weighted by atomic mass is 14.0. The Labute approximate surface area is 112 Å². The summed E-state index contributed by atoms with van der Waals surface area (Å²) < 4.78 is 0. The van der Waals surface area contributed by atoms with Crippen molar-refractivity contribution in [2.24, 2.45) is 0 Å². The van der Waals surface area contributed by atoms with Crippen LogP contribution in [0.4, 0.5) is 0 Å². The van der Waals surface area contributed by atoms with Gasteiger partial charge in [0.2, 0.25) is 0 Å². The highest BCUT2D eigenvalue weighted by molar-refractivity contribution is 5.41. The van der Waals surface area contributed by atoms with E-state index < -0.39 is 0 Å². The van der Waals surface area contributed by atoms with Gasteiger partial charge < -0.3 is 0 Å². The first-order valence-electron chi connectivity index (χ1n) is 6.91. The predicted octanol–water partition coefficient (Wildman–Crippen LogP) is 4.57. The third-order valence-corrected chi connectivity index (χ3v) is 2.83. The molecule has 94 valence electrons. The molecule has 0 aliphatic heterocycles. The highest BCUT2D eigenvalue weighted by Crippen LogP contribution is 2.07. The number of aryl methyl sites for hydroxylation is 1. The summed E-state index contributed by atoms with van der Waals surface area (Å²) in [4.78, 5) is 0. The smallest absolute Gasteiger partial charge is 0.0706 e. The van der Waals surface area contributed by atoms with E-state index in [4.69, 9.17) is 0 Å². The highest BCUT2D eigenvalue weighted by Gasteiger charge is 1.93. The Morgan fingerprint density at radius 3 is 2.56 bits per heavy atom. The Hall–Kier alpha value is -1.66. The largest absolute Gasteiger partial charge is 0.102 e. The van der Waals surface area contributed by atoms with Crippen LogP contribution < -0.4 is 0 Å². The molecule has 0 heterocycles. The van der Waals surface area contributed by atoms with Crippen LogP contribution >= 0.6 is 0 Å². The van der Waals surface area contributed by atoms with Crippen molar-refractivity contribution in [2.75, 3.05) is 0 Å². The topological polar surface area (TPSA) is 0 Å². The fourth-order valence-electron chi connectivity index (χ4n) is 1.75. The molecule has 0 saturated heterocycles. The van der Waals surface area contributed by atoms with E-state index in [1.807, 2.05) is 6.07 Å². The van der Waals surface area contributed by atoms with Gasteiger partial charge in [0.15, 0.2) is 0 Å². The molecule has 0 saturated carbocycles. The van der Waals surface area contributed by atoms with Gasteiger partial charge in [-0.05, 0) is 24.5 Å². The van der Waals surface area contributed by atoms with Gasteiger partial charge in [0.05, 0.1) is 6.42 Å². The van der Waals surface area contributed by atoms with E-state index in [1.165, 1.54) is 24.8 Å². The number of benzene rings is 1. The lowest BCUT2D eigenvalue weighted by molar-refractivity contribution is 0.737. The van der Waals surface area contributed by atoms with Crippen LogP contribution in [0.15, 0.2) is 24.3 Å². The minimum absolute atomic E-state index is 0.685. The van der Waals surface area contributed by atoms with E-state index in [1.54, 1.807) is 0 Å². The molecule has 0 atom stereocenters. The molecular formula is C18H22. The summed E-state index contributed by atoms with van der Waals surface area (Å²) in [5.41, 5.74) is 2.47. The van der Waals surface area contributed by atoms with Gasteiger partial charge in [-0.2, -0.15) is 0 Å². The third-order valence-electron chi connectivity index (χ3n) is 2.83. The second kappa shape index (κ2) is 9.38. The minimum atomic E-state index is 0.685. The summed E-state index contributed by atoms with van der Waals surface area (Å²) >= 11 is 0. The molecule has 18 heavy (non-hydrogen) atoms. The Morgan fingerprint density at radius 1 is 0.944 bits per heavy atom. The molecule has 1 aromatic rings. The van der Waals surface area contributed by atoms with Crippen LogP contribution in [0.3, 0.4) is 0 Å². The van der Waals surface area contributed by atoms with Gasteiger partial charge in [0.1, 0.15) is 0 Å². The van der Waals surface area contributed by atoms with E-state index in [0.29, 0.717) is 6.42 Å². The van der Waals surface area contributed by atoms with Crippen molar-refractivity contribution in [1.29, 1.82) is 0 Å². The van der Waals surface area contributed by atoms with Crippen molar-refractivity contribution in [3.63, 3.8) is 0 Å². The molecule has 1 rings (SSSR count). The standard InChI is InChI=1S/C18H22/c1-3-5-6-7-8-9-10-11-15-18-16-13-12-14-17(18)4-2/h12-14,16H,3-7,10H2,1-2H3.